The molecule has 1 aliphatic heterocycles. The van der Waals surface area contributed by atoms with Gasteiger partial charge in [-0.2, -0.15) is 0 Å². The largest absolute Gasteiger partial charge is 0.485 e. The average molecular weight is 339 g/mol. The standard InChI is InChI=1S/C20H19ClN2O/c21-17-10-16(12-23-13-17)20(15-8-9-22-11-15)24-19-7-3-5-14-4-1-2-6-18(14)19/h1-7,10,12-13,15,20,22H,8-9,11H2/t15?,20-/m0/s1. The summed E-state index contributed by atoms with van der Waals surface area (Å²) in [5, 5.41) is 6.38. The number of fused-ring (bicyclic) bond motifs is 1. The number of benzene rings is 2. The second kappa shape index (κ2) is 6.80. The summed E-state index contributed by atoms with van der Waals surface area (Å²) < 4.78 is 6.51. The zero-order valence-electron chi connectivity index (χ0n) is 13.3. The molecule has 1 saturated heterocycles. The fourth-order valence-corrected chi connectivity index (χ4v) is 3.57. The van der Waals surface area contributed by atoms with Gasteiger partial charge in [0.25, 0.3) is 0 Å². The Labute approximate surface area is 146 Å². The van der Waals surface area contributed by atoms with E-state index in [2.05, 4.69) is 28.5 Å². The summed E-state index contributed by atoms with van der Waals surface area (Å²) in [6.07, 6.45) is 4.55. The van der Waals surface area contributed by atoms with Gasteiger partial charge in [-0.15, -0.1) is 0 Å². The van der Waals surface area contributed by atoms with E-state index in [-0.39, 0.29) is 6.10 Å². The normalized spacial score (nSPS) is 18.6. The van der Waals surface area contributed by atoms with Crippen LogP contribution in [-0.2, 0) is 0 Å². The number of hydrogen-bond donors (Lipinski definition) is 1. The number of halogens is 1. The Hall–Kier alpha value is -2.10. The van der Waals surface area contributed by atoms with Crippen molar-refractivity contribution >= 4 is 22.4 Å². The molecular weight excluding hydrogens is 320 g/mol. The van der Waals surface area contributed by atoms with Gasteiger partial charge < -0.3 is 10.1 Å². The van der Waals surface area contributed by atoms with Gasteiger partial charge in [-0.05, 0) is 30.5 Å². The van der Waals surface area contributed by atoms with E-state index in [4.69, 9.17) is 16.3 Å². The number of rotatable bonds is 4. The van der Waals surface area contributed by atoms with E-state index in [0.717, 1.165) is 36.2 Å². The second-order valence-electron chi connectivity index (χ2n) is 6.21. The van der Waals surface area contributed by atoms with Crippen LogP contribution in [0.25, 0.3) is 10.8 Å². The average Bonchev–Trinajstić information content (AvgIpc) is 3.14. The van der Waals surface area contributed by atoms with Crippen LogP contribution in [0.15, 0.2) is 60.9 Å². The van der Waals surface area contributed by atoms with Crippen LogP contribution in [0.1, 0.15) is 18.1 Å². The summed E-state index contributed by atoms with van der Waals surface area (Å²) in [6, 6.07) is 16.4. The lowest BCUT2D eigenvalue weighted by Gasteiger charge is -2.25. The van der Waals surface area contributed by atoms with Gasteiger partial charge in [-0.1, -0.05) is 48.0 Å². The molecule has 3 aromatic rings. The molecule has 0 amide bonds. The Morgan fingerprint density at radius 1 is 1.12 bits per heavy atom. The highest BCUT2D eigenvalue weighted by atomic mass is 35.5. The van der Waals surface area contributed by atoms with Gasteiger partial charge >= 0.3 is 0 Å². The maximum absolute atomic E-state index is 6.51. The molecule has 0 bridgehead atoms. The Morgan fingerprint density at radius 3 is 2.83 bits per heavy atom. The minimum atomic E-state index is -0.0583. The van der Waals surface area contributed by atoms with Crippen molar-refractivity contribution in [2.75, 3.05) is 13.1 Å². The topological polar surface area (TPSA) is 34.1 Å². The molecule has 1 N–H and O–H groups in total. The van der Waals surface area contributed by atoms with Crippen molar-refractivity contribution in [3.8, 4) is 5.75 Å². The zero-order valence-corrected chi connectivity index (χ0v) is 14.0. The van der Waals surface area contributed by atoms with Gasteiger partial charge in [-0.25, -0.2) is 0 Å². The third-order valence-corrected chi connectivity index (χ3v) is 4.79. The van der Waals surface area contributed by atoms with Crippen LogP contribution in [0.2, 0.25) is 5.02 Å². The van der Waals surface area contributed by atoms with Crippen molar-refractivity contribution in [2.45, 2.75) is 12.5 Å². The van der Waals surface area contributed by atoms with Gasteiger partial charge in [0.05, 0.1) is 5.02 Å². The van der Waals surface area contributed by atoms with E-state index in [1.165, 1.54) is 5.39 Å². The number of nitrogens with one attached hydrogen (secondary N) is 1. The van der Waals surface area contributed by atoms with Crippen molar-refractivity contribution < 1.29 is 4.74 Å². The molecule has 2 heterocycles. The summed E-state index contributed by atoms with van der Waals surface area (Å²) in [7, 11) is 0. The fourth-order valence-electron chi connectivity index (χ4n) is 3.39. The van der Waals surface area contributed by atoms with E-state index < -0.39 is 0 Å². The van der Waals surface area contributed by atoms with Gasteiger partial charge in [0.15, 0.2) is 0 Å². The van der Waals surface area contributed by atoms with Gasteiger partial charge in [0.1, 0.15) is 11.9 Å². The fraction of sp³-hybridized carbons (Fsp3) is 0.250. The van der Waals surface area contributed by atoms with Crippen LogP contribution in [0.3, 0.4) is 0 Å². The number of hydrogen-bond acceptors (Lipinski definition) is 3. The molecule has 2 aromatic carbocycles. The Morgan fingerprint density at radius 2 is 2.00 bits per heavy atom. The van der Waals surface area contributed by atoms with Crippen molar-refractivity contribution in [3.63, 3.8) is 0 Å². The summed E-state index contributed by atoms with van der Waals surface area (Å²) in [5.41, 5.74) is 1.03. The molecule has 1 unspecified atom stereocenters. The maximum Gasteiger partial charge on any atom is 0.129 e. The predicted octanol–water partition coefficient (Wildman–Crippen LogP) is 4.62. The van der Waals surface area contributed by atoms with Gasteiger partial charge in [-0.3, -0.25) is 4.98 Å². The van der Waals surface area contributed by atoms with Crippen LogP contribution >= 0.6 is 11.6 Å². The molecule has 2 atom stereocenters. The van der Waals surface area contributed by atoms with E-state index in [0.29, 0.717) is 10.9 Å². The highest BCUT2D eigenvalue weighted by Crippen LogP contribution is 2.35. The number of pyridine rings is 1. The zero-order chi connectivity index (χ0) is 16.4. The summed E-state index contributed by atoms with van der Waals surface area (Å²) in [5.74, 6) is 1.31. The Kier molecular flexibility index (Phi) is 4.37. The molecule has 24 heavy (non-hydrogen) atoms. The lowest BCUT2D eigenvalue weighted by molar-refractivity contribution is 0.146. The van der Waals surface area contributed by atoms with Crippen LogP contribution in [-0.4, -0.2) is 18.1 Å². The van der Waals surface area contributed by atoms with Gasteiger partial charge in [0, 0.05) is 35.8 Å². The van der Waals surface area contributed by atoms with Crippen molar-refractivity contribution in [2.24, 2.45) is 5.92 Å². The molecule has 4 rings (SSSR count). The first-order valence-corrected chi connectivity index (χ1v) is 8.64. The Bertz CT molecular complexity index is 840. The minimum absolute atomic E-state index is 0.0583. The second-order valence-corrected chi connectivity index (χ2v) is 6.64. The first kappa shape index (κ1) is 15.4. The van der Waals surface area contributed by atoms with Crippen molar-refractivity contribution in [3.05, 3.63) is 71.5 Å². The molecule has 0 aliphatic carbocycles. The minimum Gasteiger partial charge on any atom is -0.485 e. The predicted molar refractivity (Wildman–Crippen MR) is 97.5 cm³/mol. The summed E-state index contributed by atoms with van der Waals surface area (Å²) in [4.78, 5) is 4.25. The monoisotopic (exact) mass is 338 g/mol. The maximum atomic E-state index is 6.51. The van der Waals surface area contributed by atoms with Crippen LogP contribution in [0.4, 0.5) is 0 Å². The van der Waals surface area contributed by atoms with Crippen LogP contribution < -0.4 is 10.1 Å². The lowest BCUT2D eigenvalue weighted by atomic mass is 9.95. The number of nitrogens with zero attached hydrogens (tertiary/aromatic N) is 1. The molecule has 1 fully saturated rings. The molecule has 0 spiro atoms. The van der Waals surface area contributed by atoms with Crippen molar-refractivity contribution in [1.29, 1.82) is 0 Å². The molecule has 3 nitrogen and oxygen atoms in total. The van der Waals surface area contributed by atoms with E-state index in [1.54, 1.807) is 6.20 Å². The Balaban J connectivity index is 1.73. The first-order chi connectivity index (χ1) is 11.8. The molecule has 4 heteroatoms. The highest BCUT2D eigenvalue weighted by Gasteiger charge is 2.29. The third kappa shape index (κ3) is 3.10. The third-order valence-electron chi connectivity index (χ3n) is 4.58. The van der Waals surface area contributed by atoms with Crippen LogP contribution in [0.5, 0.6) is 5.75 Å². The molecule has 122 valence electrons. The SMILES string of the molecule is Clc1cncc([C@@H](Oc2cccc3ccccc23)C2CCNC2)c1. The molecule has 1 aliphatic rings. The van der Waals surface area contributed by atoms with Gasteiger partial charge in [0.2, 0.25) is 0 Å². The number of ether oxygens (including phenoxy) is 1. The highest BCUT2D eigenvalue weighted by molar-refractivity contribution is 6.30. The molecule has 0 radical (unpaired) electrons. The molecule has 0 saturated carbocycles. The van der Waals surface area contributed by atoms with E-state index in [1.807, 2.05) is 36.5 Å². The van der Waals surface area contributed by atoms with Crippen molar-refractivity contribution in [1.82, 2.24) is 10.3 Å². The van der Waals surface area contributed by atoms with Crippen LogP contribution in [0, 0.1) is 5.92 Å². The molecule has 1 aromatic heterocycles. The first-order valence-electron chi connectivity index (χ1n) is 8.27. The van der Waals surface area contributed by atoms with E-state index in [9.17, 15) is 0 Å². The summed E-state index contributed by atoms with van der Waals surface area (Å²) in [6.45, 7) is 1.97. The van der Waals surface area contributed by atoms with E-state index >= 15 is 0 Å². The lowest BCUT2D eigenvalue weighted by Crippen LogP contribution is -2.21. The smallest absolute Gasteiger partial charge is 0.129 e. The summed E-state index contributed by atoms with van der Waals surface area (Å²) >= 11 is 6.16. The molecular formula is C20H19ClN2O. The number of aromatic nitrogens is 1. The quantitative estimate of drug-likeness (QED) is 0.753.